The van der Waals surface area contributed by atoms with Crippen LogP contribution < -0.4 is 5.32 Å². The second-order valence-electron chi connectivity index (χ2n) is 2.54. The predicted molar refractivity (Wildman–Crippen MR) is 52.0 cm³/mol. The molecular formula is C9H13NS. The summed E-state index contributed by atoms with van der Waals surface area (Å²) < 4.78 is 0. The number of hydrogen-bond acceptors (Lipinski definition) is 2. The summed E-state index contributed by atoms with van der Waals surface area (Å²) in [6.07, 6.45) is 0. The third-order valence-corrected chi connectivity index (χ3v) is 2.58. The number of likely N-dealkylation sites (N-methyl/N-ethyl adjacent to an activating group) is 1. The molecule has 2 heteroatoms. The molecule has 1 rings (SSSR count). The highest BCUT2D eigenvalue weighted by molar-refractivity contribution is 7.13. The van der Waals surface area contributed by atoms with E-state index in [-0.39, 0.29) is 0 Å². The minimum Gasteiger partial charge on any atom is -0.316 e. The first-order chi connectivity index (χ1) is 5.24. The van der Waals surface area contributed by atoms with E-state index in [1.807, 2.05) is 7.05 Å². The lowest BCUT2D eigenvalue weighted by atomic mass is 10.2. The molecule has 0 atom stereocenters. The van der Waals surface area contributed by atoms with Crippen LogP contribution in [0.1, 0.15) is 9.75 Å². The fourth-order valence-corrected chi connectivity index (χ4v) is 1.76. The lowest BCUT2D eigenvalue weighted by molar-refractivity contribution is 0.934. The summed E-state index contributed by atoms with van der Waals surface area (Å²) in [7, 11) is 1.94. The molecule has 0 amide bonds. The third kappa shape index (κ3) is 2.17. The monoisotopic (exact) mass is 167 g/mol. The maximum Gasteiger partial charge on any atom is 0.0312 e. The summed E-state index contributed by atoms with van der Waals surface area (Å²) >= 11 is 1.80. The van der Waals surface area contributed by atoms with Gasteiger partial charge in [-0.05, 0) is 31.7 Å². The summed E-state index contributed by atoms with van der Waals surface area (Å²) in [5.74, 6) is 0. The molecule has 0 saturated carbocycles. The van der Waals surface area contributed by atoms with Gasteiger partial charge in [0.2, 0.25) is 0 Å². The van der Waals surface area contributed by atoms with Gasteiger partial charge in [-0.15, -0.1) is 11.3 Å². The van der Waals surface area contributed by atoms with Gasteiger partial charge in [0.1, 0.15) is 0 Å². The van der Waals surface area contributed by atoms with Gasteiger partial charge in [0.05, 0.1) is 0 Å². The molecule has 0 aromatic carbocycles. The predicted octanol–water partition coefficient (Wildman–Crippen LogP) is 2.29. The average Bonchev–Trinajstić information content (AvgIpc) is 2.36. The SMILES string of the molecule is C=C(CNC)c1ccc(C)s1. The van der Waals surface area contributed by atoms with E-state index in [0.29, 0.717) is 0 Å². The van der Waals surface area contributed by atoms with E-state index < -0.39 is 0 Å². The van der Waals surface area contributed by atoms with Crippen molar-refractivity contribution in [3.8, 4) is 0 Å². The minimum atomic E-state index is 0.875. The maximum absolute atomic E-state index is 3.98. The maximum atomic E-state index is 3.98. The van der Waals surface area contributed by atoms with Gasteiger partial charge >= 0.3 is 0 Å². The lowest BCUT2D eigenvalue weighted by Crippen LogP contribution is -2.07. The minimum absolute atomic E-state index is 0.875. The van der Waals surface area contributed by atoms with E-state index in [1.54, 1.807) is 11.3 Å². The summed E-state index contributed by atoms with van der Waals surface area (Å²) in [6, 6.07) is 4.25. The second-order valence-corrected chi connectivity index (χ2v) is 3.83. The zero-order chi connectivity index (χ0) is 8.27. The quantitative estimate of drug-likeness (QED) is 0.728. The molecule has 11 heavy (non-hydrogen) atoms. The van der Waals surface area contributed by atoms with Gasteiger partial charge in [-0.2, -0.15) is 0 Å². The number of thiophene rings is 1. The van der Waals surface area contributed by atoms with Crippen molar-refractivity contribution in [2.45, 2.75) is 6.92 Å². The van der Waals surface area contributed by atoms with Crippen molar-refractivity contribution in [2.24, 2.45) is 0 Å². The van der Waals surface area contributed by atoms with Crippen LogP contribution in [0.25, 0.3) is 5.57 Å². The smallest absolute Gasteiger partial charge is 0.0312 e. The highest BCUT2D eigenvalue weighted by Crippen LogP contribution is 2.21. The molecule has 0 saturated heterocycles. The highest BCUT2D eigenvalue weighted by Gasteiger charge is 1.99. The lowest BCUT2D eigenvalue weighted by Gasteiger charge is -1.99. The fourth-order valence-electron chi connectivity index (χ4n) is 0.925. The van der Waals surface area contributed by atoms with Crippen LogP contribution in [-0.4, -0.2) is 13.6 Å². The Morgan fingerprint density at radius 1 is 1.64 bits per heavy atom. The van der Waals surface area contributed by atoms with Gasteiger partial charge in [0, 0.05) is 16.3 Å². The van der Waals surface area contributed by atoms with E-state index in [2.05, 4.69) is 31.0 Å². The number of nitrogens with one attached hydrogen (secondary N) is 1. The van der Waals surface area contributed by atoms with Crippen LogP contribution in [0.5, 0.6) is 0 Å². The Morgan fingerprint density at radius 3 is 2.82 bits per heavy atom. The van der Waals surface area contributed by atoms with E-state index >= 15 is 0 Å². The molecule has 1 aromatic rings. The second kappa shape index (κ2) is 3.69. The fraction of sp³-hybridized carbons (Fsp3) is 0.333. The highest BCUT2D eigenvalue weighted by atomic mass is 32.1. The van der Waals surface area contributed by atoms with Crippen molar-refractivity contribution in [1.82, 2.24) is 5.32 Å². The van der Waals surface area contributed by atoms with Gasteiger partial charge in [-0.25, -0.2) is 0 Å². The van der Waals surface area contributed by atoms with Crippen molar-refractivity contribution in [3.05, 3.63) is 28.5 Å². The molecule has 0 bridgehead atoms. The van der Waals surface area contributed by atoms with Gasteiger partial charge in [0.15, 0.2) is 0 Å². The van der Waals surface area contributed by atoms with Crippen molar-refractivity contribution < 1.29 is 0 Å². The topological polar surface area (TPSA) is 12.0 Å². The molecule has 0 fully saturated rings. The Labute approximate surface area is 71.8 Å². The number of aryl methyl sites for hydroxylation is 1. The van der Waals surface area contributed by atoms with Gasteiger partial charge < -0.3 is 5.32 Å². The summed E-state index contributed by atoms with van der Waals surface area (Å²) in [5.41, 5.74) is 1.17. The number of rotatable bonds is 3. The molecule has 0 radical (unpaired) electrons. The molecule has 1 heterocycles. The van der Waals surface area contributed by atoms with Crippen LogP contribution in [0, 0.1) is 6.92 Å². The Balaban J connectivity index is 2.69. The van der Waals surface area contributed by atoms with E-state index in [9.17, 15) is 0 Å². The third-order valence-electron chi connectivity index (χ3n) is 1.48. The van der Waals surface area contributed by atoms with Crippen LogP contribution in [0.4, 0.5) is 0 Å². The molecule has 0 aliphatic carbocycles. The molecule has 60 valence electrons. The zero-order valence-corrected chi connectivity index (χ0v) is 7.79. The van der Waals surface area contributed by atoms with Crippen LogP contribution in [0.2, 0.25) is 0 Å². The van der Waals surface area contributed by atoms with Crippen molar-refractivity contribution in [2.75, 3.05) is 13.6 Å². The van der Waals surface area contributed by atoms with E-state index in [0.717, 1.165) is 6.54 Å². The molecule has 0 spiro atoms. The summed E-state index contributed by atoms with van der Waals surface area (Å²) in [6.45, 7) is 6.96. The first kappa shape index (κ1) is 8.50. The Bertz CT molecular complexity index is 250. The zero-order valence-electron chi connectivity index (χ0n) is 6.98. The first-order valence-electron chi connectivity index (χ1n) is 3.63. The van der Waals surface area contributed by atoms with Gasteiger partial charge in [0.25, 0.3) is 0 Å². The Kier molecular flexibility index (Phi) is 2.85. The molecule has 1 N–H and O–H groups in total. The van der Waals surface area contributed by atoms with E-state index in [1.165, 1.54) is 15.3 Å². The van der Waals surface area contributed by atoms with Gasteiger partial charge in [-0.3, -0.25) is 0 Å². The molecule has 1 nitrogen and oxygen atoms in total. The van der Waals surface area contributed by atoms with E-state index in [4.69, 9.17) is 0 Å². The van der Waals surface area contributed by atoms with Crippen molar-refractivity contribution in [3.63, 3.8) is 0 Å². The Hall–Kier alpha value is -0.600. The van der Waals surface area contributed by atoms with Crippen LogP contribution in [0.15, 0.2) is 18.7 Å². The molecule has 1 aromatic heterocycles. The summed E-state index contributed by atoms with van der Waals surface area (Å²) in [4.78, 5) is 2.63. The average molecular weight is 167 g/mol. The molecular weight excluding hydrogens is 154 g/mol. The first-order valence-corrected chi connectivity index (χ1v) is 4.45. The largest absolute Gasteiger partial charge is 0.316 e. The molecule has 0 aliphatic heterocycles. The van der Waals surface area contributed by atoms with Crippen molar-refractivity contribution in [1.29, 1.82) is 0 Å². The summed E-state index contributed by atoms with van der Waals surface area (Å²) in [5, 5.41) is 3.08. The normalized spacial score (nSPS) is 10.0. The molecule has 0 unspecified atom stereocenters. The number of hydrogen-bond donors (Lipinski definition) is 1. The standard InChI is InChI=1S/C9H13NS/c1-7(6-10-3)9-5-4-8(2)11-9/h4-5,10H,1,6H2,2-3H3. The van der Waals surface area contributed by atoms with Crippen LogP contribution >= 0.6 is 11.3 Å². The Morgan fingerprint density at radius 2 is 2.36 bits per heavy atom. The molecule has 0 aliphatic rings. The van der Waals surface area contributed by atoms with Crippen LogP contribution in [0.3, 0.4) is 0 Å². The van der Waals surface area contributed by atoms with Gasteiger partial charge in [-0.1, -0.05) is 6.58 Å². The van der Waals surface area contributed by atoms with Crippen molar-refractivity contribution >= 4 is 16.9 Å². The van der Waals surface area contributed by atoms with Crippen LogP contribution in [-0.2, 0) is 0 Å².